The van der Waals surface area contributed by atoms with Gasteiger partial charge >= 0.3 is 0 Å². The molecule has 1 heterocycles. The van der Waals surface area contributed by atoms with Crippen LogP contribution in [0.15, 0.2) is 0 Å². The van der Waals surface area contributed by atoms with Gasteiger partial charge in [0.05, 0.1) is 6.54 Å². The van der Waals surface area contributed by atoms with Gasteiger partial charge in [-0.25, -0.2) is 5.42 Å². The molecule has 1 rings (SSSR count). The molecule has 0 saturated carbocycles. The van der Waals surface area contributed by atoms with Crippen molar-refractivity contribution in [3.63, 3.8) is 0 Å². The monoisotopic (exact) mass is 91.0 g/mol. The Morgan fingerprint density at radius 2 is 3.00 bits per heavy atom. The van der Waals surface area contributed by atoms with Gasteiger partial charge in [-0.2, -0.15) is 0 Å². The lowest BCUT2D eigenvalue weighted by atomic mass is 10.7. The minimum Gasteiger partial charge on any atom is -0.365 e. The molecule has 0 aromatic rings. The molecule has 1 unspecified atom stereocenters. The quantitative estimate of drug-likeness (QED) is 0.334. The Morgan fingerprint density at radius 1 is 2.17 bits per heavy atom. The Balaban J connectivity index is 2.26. The third-order valence-electron chi connectivity index (χ3n) is 0.501. The standard InChI is InChI=1S/C2H6N2O2/c5-2-1-3-4-6-2/h2-5H,1H2/i/hD. The van der Waals surface area contributed by atoms with E-state index in [1.807, 2.05) is 0 Å². The zero-order valence-electron chi connectivity index (χ0n) is 4.09. The molecule has 0 radical (unpaired) electrons. The Bertz CT molecular complexity index is 62.7. The van der Waals surface area contributed by atoms with Crippen LogP contribution in [0, 0.1) is 0 Å². The molecule has 0 aromatic carbocycles. The highest BCUT2D eigenvalue weighted by atomic mass is 16.8. The van der Waals surface area contributed by atoms with E-state index in [-0.39, 0.29) is 6.54 Å². The Morgan fingerprint density at radius 3 is 3.17 bits per heavy atom. The minimum atomic E-state index is -0.850. The summed E-state index contributed by atoms with van der Waals surface area (Å²) in [4.78, 5) is 4.31. The fraction of sp³-hybridized carbons (Fsp3) is 1.00. The smallest absolute Gasteiger partial charge is 0.190 e. The summed E-state index contributed by atoms with van der Waals surface area (Å²) in [6.45, 7) is 0.194. The molecule has 3 N–H and O–H groups in total. The summed E-state index contributed by atoms with van der Waals surface area (Å²) < 4.78 is 6.70. The average molecular weight is 91.1 g/mol. The zero-order chi connectivity index (χ0) is 5.28. The van der Waals surface area contributed by atoms with Crippen molar-refractivity contribution in [3.8, 4) is 0 Å². The van der Waals surface area contributed by atoms with Crippen LogP contribution in [0.25, 0.3) is 0 Å². The van der Waals surface area contributed by atoms with Gasteiger partial charge in [-0.3, -0.25) is 4.84 Å². The first-order valence-electron chi connectivity index (χ1n) is 2.09. The second-order valence-corrected chi connectivity index (χ2v) is 1.00. The van der Waals surface area contributed by atoms with Crippen LogP contribution in [0.2, 0.25) is 1.41 Å². The molecule has 36 valence electrons. The summed E-state index contributed by atoms with van der Waals surface area (Å²) in [6, 6.07) is 0. The normalized spacial score (nSPS) is 40.2. The van der Waals surface area contributed by atoms with Crippen molar-refractivity contribution in [2.24, 2.45) is 0 Å². The first-order chi connectivity index (χ1) is 3.29. The molecule has 4 nitrogen and oxygen atoms in total. The lowest BCUT2D eigenvalue weighted by Gasteiger charge is -1.90. The largest absolute Gasteiger partial charge is 0.365 e. The molecule has 1 fully saturated rings. The van der Waals surface area contributed by atoms with Crippen molar-refractivity contribution >= 4 is 0 Å². The van der Waals surface area contributed by atoms with Crippen LogP contribution >= 0.6 is 0 Å². The van der Waals surface area contributed by atoms with E-state index in [0.29, 0.717) is 0 Å². The van der Waals surface area contributed by atoms with Crippen molar-refractivity contribution in [2.75, 3.05) is 6.54 Å². The van der Waals surface area contributed by atoms with Gasteiger partial charge in [-0.05, 0) is 0 Å². The third-order valence-corrected chi connectivity index (χ3v) is 0.501. The number of hydrogen-bond acceptors (Lipinski definition) is 4. The summed E-state index contributed by atoms with van der Waals surface area (Å²) in [5.41, 5.74) is 3.03. The fourth-order valence-electron chi connectivity index (χ4n) is 0.251. The Kier molecular flexibility index (Phi) is 0.743. The average Bonchev–Trinajstić information content (AvgIpc) is 1.87. The number of nitrogens with one attached hydrogen (secondary N) is 2. The molecule has 1 atom stereocenters. The van der Waals surface area contributed by atoms with Crippen molar-refractivity contribution in [1.29, 1.82) is 0 Å². The topological polar surface area (TPSA) is 53.5 Å². The highest BCUT2D eigenvalue weighted by Crippen LogP contribution is 1.82. The summed E-state index contributed by atoms with van der Waals surface area (Å²) in [5, 5.41) is 8.45. The lowest BCUT2D eigenvalue weighted by molar-refractivity contribution is -0.0973. The molecular weight excluding hydrogens is 84.0 g/mol. The molecule has 0 aliphatic carbocycles. The van der Waals surface area contributed by atoms with E-state index in [1.165, 1.54) is 0 Å². The van der Waals surface area contributed by atoms with Gasteiger partial charge in [-0.1, -0.05) is 0 Å². The lowest BCUT2D eigenvalue weighted by Crippen LogP contribution is -2.20. The van der Waals surface area contributed by atoms with Gasteiger partial charge < -0.3 is 5.11 Å². The third kappa shape index (κ3) is 0.662. The maximum absolute atomic E-state index is 8.45. The maximum Gasteiger partial charge on any atom is 0.190 e. The highest BCUT2D eigenvalue weighted by Gasteiger charge is 2.08. The van der Waals surface area contributed by atoms with Crippen LogP contribution in [-0.4, -0.2) is 17.9 Å². The van der Waals surface area contributed by atoms with Gasteiger partial charge in [-0.15, -0.1) is 5.59 Å². The van der Waals surface area contributed by atoms with Crippen molar-refractivity contribution < 1.29 is 11.4 Å². The molecule has 1 aliphatic heterocycles. The molecule has 1 saturated heterocycles. The second kappa shape index (κ2) is 1.53. The summed E-state index contributed by atoms with van der Waals surface area (Å²) in [5.74, 6) is 0. The highest BCUT2D eigenvalue weighted by molar-refractivity contribution is 4.43. The molecule has 6 heavy (non-hydrogen) atoms. The summed E-state index contributed by atoms with van der Waals surface area (Å²) >= 11 is 0. The van der Waals surface area contributed by atoms with Gasteiger partial charge in [0.15, 0.2) is 6.29 Å². The second-order valence-electron chi connectivity index (χ2n) is 1.00. The predicted octanol–water partition coefficient (Wildman–Crippen LogP) is -1.66. The number of rotatable bonds is 0. The number of hydrogen-bond donors (Lipinski definition) is 3. The van der Waals surface area contributed by atoms with E-state index in [4.69, 9.17) is 6.52 Å². The Labute approximate surface area is 36.5 Å². The van der Waals surface area contributed by atoms with E-state index in [9.17, 15) is 0 Å². The van der Waals surface area contributed by atoms with Gasteiger partial charge in [0, 0.05) is 0 Å². The fourth-order valence-corrected chi connectivity index (χ4v) is 0.251. The number of aliphatic hydroxyl groups is 1. The van der Waals surface area contributed by atoms with Crippen LogP contribution in [0.3, 0.4) is 0 Å². The molecular formula is C2H6N2O2. The maximum atomic E-state index is 8.45. The first kappa shape index (κ1) is 2.92. The Hall–Kier alpha value is -0.160. The van der Waals surface area contributed by atoms with Crippen LogP contribution in [0.4, 0.5) is 0 Å². The van der Waals surface area contributed by atoms with Crippen LogP contribution in [0.5, 0.6) is 0 Å². The van der Waals surface area contributed by atoms with Gasteiger partial charge in [0.2, 0.25) is 0 Å². The number of hydrazine groups is 1. The van der Waals surface area contributed by atoms with E-state index in [1.54, 1.807) is 0 Å². The van der Waals surface area contributed by atoms with E-state index in [2.05, 4.69) is 10.4 Å². The predicted molar refractivity (Wildman–Crippen MR) is 18.2 cm³/mol. The molecule has 1 aliphatic rings. The van der Waals surface area contributed by atoms with Crippen LogP contribution in [-0.2, 0) is 4.84 Å². The SMILES string of the molecule is [2H]N1CC(O)ON1. The first-order valence-corrected chi connectivity index (χ1v) is 1.65. The van der Waals surface area contributed by atoms with Crippen LogP contribution < -0.4 is 11.0 Å². The van der Waals surface area contributed by atoms with E-state index in [0.717, 1.165) is 5.42 Å². The molecule has 0 bridgehead atoms. The van der Waals surface area contributed by atoms with E-state index >= 15 is 0 Å². The molecule has 0 spiro atoms. The van der Waals surface area contributed by atoms with Crippen LogP contribution in [0.1, 0.15) is 0 Å². The number of β-amino-alcohol motifs (C(OH)–C–C–N with tert-alkyl or cyclic N) is 1. The van der Waals surface area contributed by atoms with Gasteiger partial charge in [0.25, 0.3) is 0 Å². The molecule has 0 aromatic heterocycles. The van der Waals surface area contributed by atoms with Crippen molar-refractivity contribution in [3.05, 3.63) is 0 Å². The summed E-state index contributed by atoms with van der Waals surface area (Å²) in [7, 11) is 0. The molecule has 4 heteroatoms. The van der Waals surface area contributed by atoms with Gasteiger partial charge in [0.1, 0.15) is 1.41 Å². The van der Waals surface area contributed by atoms with Crippen molar-refractivity contribution in [2.45, 2.75) is 6.29 Å². The zero-order valence-corrected chi connectivity index (χ0v) is 3.09. The summed E-state index contributed by atoms with van der Waals surface area (Å²) in [6.07, 6.45) is -0.850. The van der Waals surface area contributed by atoms with Crippen molar-refractivity contribution in [1.82, 2.24) is 11.0 Å². The number of aliphatic hydroxyl groups excluding tert-OH is 1. The van der Waals surface area contributed by atoms with E-state index < -0.39 is 6.29 Å². The molecule has 0 amide bonds. The minimum absolute atomic E-state index is 0.194.